The first kappa shape index (κ1) is 21.8. The highest BCUT2D eigenvalue weighted by Gasteiger charge is 2.12. The minimum absolute atomic E-state index is 0.170. The third kappa shape index (κ3) is 5.25. The van der Waals surface area contributed by atoms with Crippen molar-refractivity contribution in [1.82, 2.24) is 14.9 Å². The van der Waals surface area contributed by atoms with Crippen LogP contribution in [0.25, 0.3) is 11.8 Å². The van der Waals surface area contributed by atoms with E-state index in [0.29, 0.717) is 18.7 Å². The Morgan fingerprint density at radius 1 is 1.06 bits per heavy atom. The van der Waals surface area contributed by atoms with Crippen molar-refractivity contribution in [2.75, 3.05) is 25.0 Å². The maximum absolute atomic E-state index is 13.9. The molecule has 3 aromatic rings. The number of amidine groups is 1. The van der Waals surface area contributed by atoms with Crippen LogP contribution in [0.4, 0.5) is 10.1 Å². The summed E-state index contributed by atoms with van der Waals surface area (Å²) in [5.74, 6) is 0.787. The number of rotatable bonds is 6. The van der Waals surface area contributed by atoms with Crippen LogP contribution in [-0.4, -0.2) is 35.0 Å². The van der Waals surface area contributed by atoms with E-state index in [1.165, 1.54) is 5.57 Å². The van der Waals surface area contributed by atoms with Crippen molar-refractivity contribution in [3.63, 3.8) is 0 Å². The van der Waals surface area contributed by atoms with Crippen LogP contribution in [0.3, 0.4) is 0 Å². The molecule has 0 fully saturated rings. The van der Waals surface area contributed by atoms with Crippen LogP contribution in [0.5, 0.6) is 0 Å². The van der Waals surface area contributed by atoms with Crippen LogP contribution in [0.1, 0.15) is 35.2 Å². The molecule has 5 nitrogen and oxygen atoms in total. The lowest BCUT2D eigenvalue weighted by atomic mass is 10.0. The van der Waals surface area contributed by atoms with Gasteiger partial charge in [0.2, 0.25) is 0 Å². The third-order valence-electron chi connectivity index (χ3n) is 5.77. The van der Waals surface area contributed by atoms with Crippen molar-refractivity contribution in [2.45, 2.75) is 33.6 Å². The predicted molar refractivity (Wildman–Crippen MR) is 130 cm³/mol. The summed E-state index contributed by atoms with van der Waals surface area (Å²) in [5.41, 5.74) is 6.94. The van der Waals surface area contributed by atoms with Gasteiger partial charge < -0.3 is 15.2 Å². The number of benzene rings is 2. The van der Waals surface area contributed by atoms with Crippen molar-refractivity contribution in [3.05, 3.63) is 82.7 Å². The first-order valence-electron chi connectivity index (χ1n) is 11.1. The maximum atomic E-state index is 13.9. The molecule has 0 unspecified atom stereocenters. The molecule has 0 saturated carbocycles. The number of halogens is 1. The van der Waals surface area contributed by atoms with Gasteiger partial charge in [0.15, 0.2) is 0 Å². The number of aliphatic imine (C=N–C) groups is 1. The zero-order chi connectivity index (χ0) is 22.5. The second-order valence-electron chi connectivity index (χ2n) is 8.27. The summed E-state index contributed by atoms with van der Waals surface area (Å²) in [5, 5.41) is 6.75. The largest absolute Gasteiger partial charge is 0.383 e. The zero-order valence-corrected chi connectivity index (χ0v) is 19.0. The number of hydrogen-bond acceptors (Lipinski definition) is 4. The quantitative estimate of drug-likeness (QED) is 0.527. The SMILES string of the molecule is Cc1cn(-c2ccc(/C=C3\CCCN=C3NCCNc3cc(C)c(C)c(F)c3)cc2)cn1. The number of aromatic nitrogens is 2. The van der Waals surface area contributed by atoms with E-state index in [1.54, 1.807) is 13.0 Å². The number of aryl methyl sites for hydroxylation is 2. The normalized spacial score (nSPS) is 15.0. The molecule has 4 rings (SSSR count). The smallest absolute Gasteiger partial charge is 0.128 e. The summed E-state index contributed by atoms with van der Waals surface area (Å²) in [7, 11) is 0. The minimum atomic E-state index is -0.170. The van der Waals surface area contributed by atoms with Crippen molar-refractivity contribution in [3.8, 4) is 5.69 Å². The first-order chi connectivity index (χ1) is 15.5. The Balaban J connectivity index is 1.36. The van der Waals surface area contributed by atoms with E-state index < -0.39 is 0 Å². The van der Waals surface area contributed by atoms with Gasteiger partial charge in [-0.3, -0.25) is 4.99 Å². The highest BCUT2D eigenvalue weighted by atomic mass is 19.1. The molecular formula is C26H30FN5. The van der Waals surface area contributed by atoms with E-state index in [4.69, 9.17) is 4.99 Å². The average Bonchev–Trinajstić information content (AvgIpc) is 3.23. The van der Waals surface area contributed by atoms with Crippen LogP contribution in [0.15, 0.2) is 59.5 Å². The third-order valence-corrected chi connectivity index (χ3v) is 5.77. The molecule has 32 heavy (non-hydrogen) atoms. The fourth-order valence-electron chi connectivity index (χ4n) is 3.80. The minimum Gasteiger partial charge on any atom is -0.383 e. The molecule has 1 aliphatic heterocycles. The Morgan fingerprint density at radius 2 is 1.84 bits per heavy atom. The molecule has 1 aromatic heterocycles. The van der Waals surface area contributed by atoms with E-state index in [0.717, 1.165) is 53.4 Å². The maximum Gasteiger partial charge on any atom is 0.128 e. The molecule has 6 heteroatoms. The Kier molecular flexibility index (Phi) is 6.69. The molecule has 0 atom stereocenters. The monoisotopic (exact) mass is 431 g/mol. The lowest BCUT2D eigenvalue weighted by molar-refractivity contribution is 0.617. The molecule has 0 bridgehead atoms. The molecule has 2 N–H and O–H groups in total. The molecule has 166 valence electrons. The summed E-state index contributed by atoms with van der Waals surface area (Å²) in [6, 6.07) is 12.0. The van der Waals surface area contributed by atoms with Crippen LogP contribution in [0.2, 0.25) is 0 Å². The van der Waals surface area contributed by atoms with Gasteiger partial charge in [0.05, 0.1) is 12.0 Å². The fraction of sp³-hybridized carbons (Fsp3) is 0.308. The number of nitrogens with zero attached hydrogens (tertiary/aromatic N) is 3. The second-order valence-corrected chi connectivity index (χ2v) is 8.27. The highest BCUT2D eigenvalue weighted by Crippen LogP contribution is 2.20. The topological polar surface area (TPSA) is 54.2 Å². The van der Waals surface area contributed by atoms with E-state index in [1.807, 2.05) is 37.0 Å². The number of hydrogen-bond donors (Lipinski definition) is 2. The van der Waals surface area contributed by atoms with E-state index in [2.05, 4.69) is 46.0 Å². The summed E-state index contributed by atoms with van der Waals surface area (Å²) >= 11 is 0. The van der Waals surface area contributed by atoms with Gasteiger partial charge >= 0.3 is 0 Å². The van der Waals surface area contributed by atoms with Crippen LogP contribution in [0, 0.1) is 26.6 Å². The Labute approximate surface area is 189 Å². The molecule has 0 amide bonds. The van der Waals surface area contributed by atoms with Gasteiger partial charge in [-0.05, 0) is 86.2 Å². The second kappa shape index (κ2) is 9.81. The first-order valence-corrected chi connectivity index (χ1v) is 11.1. The van der Waals surface area contributed by atoms with Gasteiger partial charge in [-0.1, -0.05) is 12.1 Å². The Bertz CT molecular complexity index is 1120. The standard InChI is InChI=1S/C26H30FN5/c1-18-13-23(15-25(27)20(18)3)28-11-12-30-26-22(5-4-10-29-26)14-21-6-8-24(9-7-21)32-16-19(2)31-17-32/h6-9,13-17,28H,4-5,10-12H2,1-3H3,(H,29,30)/b22-14+. The van der Waals surface area contributed by atoms with E-state index >= 15 is 0 Å². The number of imidazole rings is 1. The molecule has 0 spiro atoms. The zero-order valence-electron chi connectivity index (χ0n) is 19.0. The molecule has 2 aromatic carbocycles. The Hall–Kier alpha value is -3.41. The summed E-state index contributed by atoms with van der Waals surface area (Å²) < 4.78 is 16.0. The van der Waals surface area contributed by atoms with Gasteiger partial charge in [0.25, 0.3) is 0 Å². The summed E-state index contributed by atoms with van der Waals surface area (Å²) in [4.78, 5) is 8.99. The average molecular weight is 432 g/mol. The molecule has 0 saturated heterocycles. The molecule has 0 radical (unpaired) electrons. The lowest BCUT2D eigenvalue weighted by Crippen LogP contribution is -2.32. The van der Waals surface area contributed by atoms with Crippen molar-refractivity contribution in [1.29, 1.82) is 0 Å². The number of anilines is 1. The fourth-order valence-corrected chi connectivity index (χ4v) is 3.80. The predicted octanol–water partition coefficient (Wildman–Crippen LogP) is 5.21. The molecule has 0 aliphatic carbocycles. The number of nitrogens with one attached hydrogen (secondary N) is 2. The molecule has 1 aliphatic rings. The van der Waals surface area contributed by atoms with Gasteiger partial charge in [0.1, 0.15) is 11.7 Å². The molecular weight excluding hydrogens is 401 g/mol. The van der Waals surface area contributed by atoms with Crippen molar-refractivity contribution in [2.24, 2.45) is 4.99 Å². The van der Waals surface area contributed by atoms with Crippen LogP contribution < -0.4 is 10.6 Å². The Morgan fingerprint density at radius 3 is 2.56 bits per heavy atom. The molecule has 2 heterocycles. The van der Waals surface area contributed by atoms with Gasteiger partial charge in [-0.2, -0.15) is 0 Å². The van der Waals surface area contributed by atoms with Gasteiger partial charge in [0, 0.05) is 37.2 Å². The lowest BCUT2D eigenvalue weighted by Gasteiger charge is -2.18. The summed E-state index contributed by atoms with van der Waals surface area (Å²) in [6.07, 6.45) is 8.12. The van der Waals surface area contributed by atoms with Crippen molar-refractivity contribution < 1.29 is 4.39 Å². The van der Waals surface area contributed by atoms with Crippen LogP contribution >= 0.6 is 0 Å². The highest BCUT2D eigenvalue weighted by molar-refractivity contribution is 6.02. The van der Waals surface area contributed by atoms with Gasteiger partial charge in [-0.15, -0.1) is 0 Å². The van der Waals surface area contributed by atoms with Crippen molar-refractivity contribution >= 4 is 17.6 Å². The van der Waals surface area contributed by atoms with Crippen LogP contribution in [-0.2, 0) is 0 Å². The van der Waals surface area contributed by atoms with E-state index in [9.17, 15) is 4.39 Å². The van der Waals surface area contributed by atoms with E-state index in [-0.39, 0.29) is 5.82 Å². The summed E-state index contributed by atoms with van der Waals surface area (Å²) in [6.45, 7) is 7.96. The van der Waals surface area contributed by atoms with Gasteiger partial charge in [-0.25, -0.2) is 9.37 Å².